The largest absolute Gasteiger partial charge is 0.345 e. The summed E-state index contributed by atoms with van der Waals surface area (Å²) in [6, 6.07) is 0. The number of rotatable bonds is 6. The van der Waals surface area contributed by atoms with Gasteiger partial charge in [-0.3, -0.25) is 9.36 Å². The summed E-state index contributed by atoms with van der Waals surface area (Å²) in [5.74, 6) is 0.598. The first-order valence-corrected chi connectivity index (χ1v) is 9.33. The van der Waals surface area contributed by atoms with Crippen LogP contribution in [0.25, 0.3) is 0 Å². The van der Waals surface area contributed by atoms with Gasteiger partial charge in [0.05, 0.1) is 6.54 Å². The van der Waals surface area contributed by atoms with E-state index >= 15 is 0 Å². The Hall–Kier alpha value is -2.49. The van der Waals surface area contributed by atoms with E-state index in [0.29, 0.717) is 31.9 Å². The lowest BCUT2D eigenvalue weighted by Gasteiger charge is -2.31. The van der Waals surface area contributed by atoms with Gasteiger partial charge in [-0.15, -0.1) is 0 Å². The van der Waals surface area contributed by atoms with E-state index in [1.54, 1.807) is 16.4 Å². The first-order valence-electron chi connectivity index (χ1n) is 9.33. The number of likely N-dealkylation sites (tertiary alicyclic amines) is 1. The van der Waals surface area contributed by atoms with E-state index in [0.717, 1.165) is 25.2 Å². The van der Waals surface area contributed by atoms with Crippen molar-refractivity contribution < 1.29 is 9.42 Å². The predicted octanol–water partition coefficient (Wildman–Crippen LogP) is 0.338. The zero-order valence-electron chi connectivity index (χ0n) is 16.4. The molecule has 0 aliphatic carbocycles. The normalized spacial score (nSPS) is 17.7. The fourth-order valence-corrected chi connectivity index (χ4v) is 3.45. The van der Waals surface area contributed by atoms with Crippen LogP contribution < -0.4 is 5.69 Å². The van der Waals surface area contributed by atoms with E-state index in [-0.39, 0.29) is 23.2 Å². The number of carbonyl (C=O) groups is 1. The Labute approximate surface area is 157 Å². The number of likely N-dealkylation sites (N-methyl/N-ethyl adjacent to an activating group) is 1. The highest BCUT2D eigenvalue weighted by Crippen LogP contribution is 2.26. The number of aryl methyl sites for hydroxylation is 1. The predicted molar refractivity (Wildman–Crippen MR) is 97.6 cm³/mol. The molecular formula is C17H27N7O3. The number of hydrogen-bond donors (Lipinski definition) is 0. The van der Waals surface area contributed by atoms with Crippen LogP contribution in [-0.2, 0) is 13.1 Å². The van der Waals surface area contributed by atoms with E-state index in [9.17, 15) is 9.59 Å². The number of nitrogens with zero attached hydrogens (tertiary/aromatic N) is 7. The van der Waals surface area contributed by atoms with Crippen LogP contribution in [0, 0.1) is 6.92 Å². The van der Waals surface area contributed by atoms with Gasteiger partial charge in [-0.2, -0.15) is 5.10 Å². The highest BCUT2D eigenvalue weighted by atomic mass is 16.6. The van der Waals surface area contributed by atoms with Gasteiger partial charge in [-0.25, -0.2) is 14.1 Å². The highest BCUT2D eigenvalue weighted by molar-refractivity contribution is 5.93. The molecule has 10 nitrogen and oxygen atoms in total. The summed E-state index contributed by atoms with van der Waals surface area (Å²) in [7, 11) is 3.93. The molecule has 1 aliphatic heterocycles. The second kappa shape index (κ2) is 8.03. The van der Waals surface area contributed by atoms with E-state index in [4.69, 9.17) is 0 Å². The lowest BCUT2D eigenvalue weighted by atomic mass is 9.96. The molecule has 3 heterocycles. The molecule has 3 rings (SSSR count). The molecule has 1 aliphatic rings. The zero-order valence-corrected chi connectivity index (χ0v) is 16.4. The molecule has 10 heteroatoms. The molecule has 1 atom stereocenters. The molecule has 0 saturated carbocycles. The van der Waals surface area contributed by atoms with Crippen molar-refractivity contribution in [2.75, 3.05) is 33.7 Å². The number of aromatic nitrogens is 5. The summed E-state index contributed by atoms with van der Waals surface area (Å²) in [6.45, 7) is 6.66. The van der Waals surface area contributed by atoms with Gasteiger partial charge >= 0.3 is 5.69 Å². The first kappa shape index (κ1) is 19.3. The molecule has 1 amide bonds. The lowest BCUT2D eigenvalue weighted by molar-refractivity contribution is 0.0691. The molecule has 1 fully saturated rings. The lowest BCUT2D eigenvalue weighted by Crippen LogP contribution is -2.40. The fraction of sp³-hybridized carbons (Fsp3) is 0.706. The molecule has 0 N–H and O–H groups in total. The van der Waals surface area contributed by atoms with Gasteiger partial charge in [0.1, 0.15) is 11.5 Å². The van der Waals surface area contributed by atoms with E-state index in [2.05, 4.69) is 20.0 Å². The van der Waals surface area contributed by atoms with Gasteiger partial charge in [0.15, 0.2) is 5.69 Å². The smallest absolute Gasteiger partial charge is 0.336 e. The van der Waals surface area contributed by atoms with Crippen LogP contribution in [0.2, 0.25) is 0 Å². The molecule has 2 aromatic heterocycles. The first-order chi connectivity index (χ1) is 12.9. The standard InChI is InChI=1S/C17H27N7O3/c1-5-23-15(18-24(17(23)26)10-9-21(3)4)13-7-6-8-22(11-13)16(25)14-12(2)19-27-20-14/h13H,5-11H2,1-4H3/t13-/m1/s1. The van der Waals surface area contributed by atoms with Crippen molar-refractivity contribution in [2.45, 2.75) is 45.7 Å². The Morgan fingerprint density at radius 2 is 2.11 bits per heavy atom. The van der Waals surface area contributed by atoms with E-state index in [1.165, 1.54) is 4.68 Å². The maximum Gasteiger partial charge on any atom is 0.345 e. The minimum atomic E-state index is -0.184. The minimum Gasteiger partial charge on any atom is -0.336 e. The molecule has 0 aromatic carbocycles. The Morgan fingerprint density at radius 3 is 2.74 bits per heavy atom. The molecular weight excluding hydrogens is 350 g/mol. The minimum absolute atomic E-state index is 0.0242. The van der Waals surface area contributed by atoms with Crippen molar-refractivity contribution in [3.63, 3.8) is 0 Å². The topological polar surface area (TPSA) is 102 Å². The molecule has 148 valence electrons. The molecule has 0 bridgehead atoms. The third-order valence-corrected chi connectivity index (χ3v) is 4.96. The molecule has 0 radical (unpaired) electrons. The Morgan fingerprint density at radius 1 is 1.33 bits per heavy atom. The number of hydrogen-bond acceptors (Lipinski definition) is 7. The second-order valence-electron chi connectivity index (χ2n) is 7.20. The Bertz CT molecular complexity index is 851. The monoisotopic (exact) mass is 377 g/mol. The summed E-state index contributed by atoms with van der Waals surface area (Å²) in [4.78, 5) is 29.2. The maximum atomic E-state index is 12.7. The van der Waals surface area contributed by atoms with Gasteiger partial charge < -0.3 is 9.80 Å². The quantitative estimate of drug-likeness (QED) is 0.715. The molecule has 27 heavy (non-hydrogen) atoms. The second-order valence-corrected chi connectivity index (χ2v) is 7.20. The summed E-state index contributed by atoms with van der Waals surface area (Å²) < 4.78 is 7.91. The summed E-state index contributed by atoms with van der Waals surface area (Å²) in [5, 5.41) is 12.0. The third kappa shape index (κ3) is 3.95. The van der Waals surface area contributed by atoms with Crippen LogP contribution >= 0.6 is 0 Å². The summed E-state index contributed by atoms with van der Waals surface area (Å²) in [5.41, 5.74) is 0.648. The third-order valence-electron chi connectivity index (χ3n) is 4.96. The van der Waals surface area contributed by atoms with Crippen LogP contribution in [0.3, 0.4) is 0 Å². The highest BCUT2D eigenvalue weighted by Gasteiger charge is 2.31. The van der Waals surface area contributed by atoms with Crippen molar-refractivity contribution in [3.8, 4) is 0 Å². The number of carbonyl (C=O) groups excluding carboxylic acids is 1. The molecule has 1 saturated heterocycles. The van der Waals surface area contributed by atoms with Crippen LogP contribution in [0.15, 0.2) is 9.42 Å². The van der Waals surface area contributed by atoms with Crippen LogP contribution in [-0.4, -0.2) is 74.1 Å². The average molecular weight is 377 g/mol. The number of amides is 1. The maximum absolute atomic E-state index is 12.7. The number of piperidine rings is 1. The molecule has 0 unspecified atom stereocenters. The molecule has 0 spiro atoms. The average Bonchev–Trinajstić information content (AvgIpc) is 3.22. The Balaban J connectivity index is 1.81. The van der Waals surface area contributed by atoms with Gasteiger partial charge in [0.25, 0.3) is 5.91 Å². The van der Waals surface area contributed by atoms with Gasteiger partial charge in [0, 0.05) is 32.1 Å². The fourth-order valence-electron chi connectivity index (χ4n) is 3.45. The summed E-state index contributed by atoms with van der Waals surface area (Å²) >= 11 is 0. The van der Waals surface area contributed by atoms with Crippen molar-refractivity contribution in [3.05, 3.63) is 27.7 Å². The van der Waals surface area contributed by atoms with Crippen LogP contribution in [0.4, 0.5) is 0 Å². The van der Waals surface area contributed by atoms with Gasteiger partial charge in [0.2, 0.25) is 0 Å². The van der Waals surface area contributed by atoms with E-state index < -0.39 is 0 Å². The van der Waals surface area contributed by atoms with Crippen molar-refractivity contribution in [2.24, 2.45) is 0 Å². The van der Waals surface area contributed by atoms with Crippen molar-refractivity contribution >= 4 is 5.91 Å². The zero-order chi connectivity index (χ0) is 19.6. The van der Waals surface area contributed by atoms with E-state index in [1.807, 2.05) is 25.9 Å². The molecule has 2 aromatic rings. The van der Waals surface area contributed by atoms with Gasteiger partial charge in [-0.1, -0.05) is 5.16 Å². The van der Waals surface area contributed by atoms with Crippen molar-refractivity contribution in [1.29, 1.82) is 0 Å². The van der Waals surface area contributed by atoms with Crippen LogP contribution in [0.1, 0.15) is 47.7 Å². The summed E-state index contributed by atoms with van der Waals surface area (Å²) in [6.07, 6.45) is 1.74. The Kier molecular flexibility index (Phi) is 5.73. The SMILES string of the molecule is CCn1c([C@@H]2CCCN(C(=O)c3nonc3C)C2)nn(CCN(C)C)c1=O. The van der Waals surface area contributed by atoms with Crippen molar-refractivity contribution in [1.82, 2.24) is 34.5 Å². The van der Waals surface area contributed by atoms with Gasteiger partial charge in [-0.05, 0) is 45.9 Å². The van der Waals surface area contributed by atoms with Crippen LogP contribution in [0.5, 0.6) is 0 Å².